The fraction of sp³-hybridized carbons (Fsp3) is 0.389. The number of halogens is 1. The van der Waals surface area contributed by atoms with Crippen molar-refractivity contribution in [3.05, 3.63) is 53.4 Å². The molecule has 2 heterocycles. The number of nitrogens with zero attached hydrogens (tertiary/aromatic N) is 2. The van der Waals surface area contributed by atoms with E-state index in [-0.39, 0.29) is 5.91 Å². The van der Waals surface area contributed by atoms with Crippen LogP contribution in [0, 0.1) is 0 Å². The second-order valence-electron chi connectivity index (χ2n) is 5.90. The highest BCUT2D eigenvalue weighted by Gasteiger charge is 2.26. The summed E-state index contributed by atoms with van der Waals surface area (Å²) in [6, 6.07) is 11.0. The van der Waals surface area contributed by atoms with Crippen LogP contribution in [0.25, 0.3) is 0 Å². The average molecular weight is 349 g/mol. The first-order chi connectivity index (χ1) is 11.6. The number of piperazine rings is 1. The maximum atomic E-state index is 12.5. The van der Waals surface area contributed by atoms with Crippen LogP contribution in [0.15, 0.2) is 47.1 Å². The molecule has 0 aliphatic carbocycles. The zero-order valence-electron chi connectivity index (χ0n) is 13.7. The van der Waals surface area contributed by atoms with Crippen LogP contribution in [0.1, 0.15) is 12.7 Å². The molecule has 0 spiro atoms. The molecule has 0 N–H and O–H groups in total. The maximum Gasteiger partial charge on any atom is 0.263 e. The van der Waals surface area contributed by atoms with Gasteiger partial charge in [-0.15, -0.1) is 0 Å². The SMILES string of the molecule is CC(Oc1cccc(Cl)c1)C(=O)N1CCN(Cc2ccco2)CC1. The Morgan fingerprint density at radius 3 is 2.71 bits per heavy atom. The molecule has 1 aromatic heterocycles. The van der Waals surface area contributed by atoms with Gasteiger partial charge in [0.15, 0.2) is 6.10 Å². The van der Waals surface area contributed by atoms with Gasteiger partial charge in [-0.25, -0.2) is 0 Å². The van der Waals surface area contributed by atoms with E-state index in [0.29, 0.717) is 23.9 Å². The fourth-order valence-corrected chi connectivity index (χ4v) is 2.98. The minimum atomic E-state index is -0.528. The highest BCUT2D eigenvalue weighted by molar-refractivity contribution is 6.30. The van der Waals surface area contributed by atoms with Crippen molar-refractivity contribution < 1.29 is 13.9 Å². The van der Waals surface area contributed by atoms with Gasteiger partial charge < -0.3 is 14.1 Å². The van der Waals surface area contributed by atoms with Crippen molar-refractivity contribution in [2.45, 2.75) is 19.6 Å². The average Bonchev–Trinajstić information content (AvgIpc) is 3.08. The van der Waals surface area contributed by atoms with Crippen LogP contribution in [0.3, 0.4) is 0 Å². The molecule has 2 aromatic rings. The van der Waals surface area contributed by atoms with Crippen molar-refractivity contribution in [3.63, 3.8) is 0 Å². The topological polar surface area (TPSA) is 45.9 Å². The summed E-state index contributed by atoms with van der Waals surface area (Å²) in [5.74, 6) is 1.57. The van der Waals surface area contributed by atoms with Gasteiger partial charge in [0.05, 0.1) is 12.8 Å². The number of benzene rings is 1. The van der Waals surface area contributed by atoms with Gasteiger partial charge >= 0.3 is 0 Å². The lowest BCUT2D eigenvalue weighted by Crippen LogP contribution is -2.51. The summed E-state index contributed by atoms with van der Waals surface area (Å²) >= 11 is 5.94. The predicted molar refractivity (Wildman–Crippen MR) is 92.1 cm³/mol. The molecule has 3 rings (SSSR count). The van der Waals surface area contributed by atoms with Gasteiger partial charge in [-0.05, 0) is 37.3 Å². The largest absolute Gasteiger partial charge is 0.481 e. The first-order valence-corrected chi connectivity index (χ1v) is 8.45. The van der Waals surface area contributed by atoms with Gasteiger partial charge in [0.2, 0.25) is 0 Å². The number of amides is 1. The predicted octanol–water partition coefficient (Wildman–Crippen LogP) is 3.04. The van der Waals surface area contributed by atoms with Crippen LogP contribution in [0.4, 0.5) is 0 Å². The van der Waals surface area contributed by atoms with E-state index in [1.165, 1.54) is 0 Å². The van der Waals surface area contributed by atoms with E-state index >= 15 is 0 Å². The Balaban J connectivity index is 1.49. The molecule has 24 heavy (non-hydrogen) atoms. The van der Waals surface area contributed by atoms with E-state index in [0.717, 1.165) is 25.4 Å². The van der Waals surface area contributed by atoms with Crippen molar-refractivity contribution in [1.29, 1.82) is 0 Å². The van der Waals surface area contributed by atoms with Gasteiger partial charge in [-0.1, -0.05) is 17.7 Å². The number of rotatable bonds is 5. The van der Waals surface area contributed by atoms with Crippen LogP contribution in [-0.2, 0) is 11.3 Å². The van der Waals surface area contributed by atoms with Crippen molar-refractivity contribution in [2.75, 3.05) is 26.2 Å². The van der Waals surface area contributed by atoms with Crippen LogP contribution >= 0.6 is 11.6 Å². The first kappa shape index (κ1) is 16.9. The molecule has 1 unspecified atom stereocenters. The molecule has 1 saturated heterocycles. The third-order valence-corrected chi connectivity index (χ3v) is 4.34. The van der Waals surface area contributed by atoms with E-state index in [2.05, 4.69) is 4.90 Å². The van der Waals surface area contributed by atoms with E-state index in [9.17, 15) is 4.79 Å². The standard InChI is InChI=1S/C18H21ClN2O3/c1-14(24-16-5-2-4-15(19)12-16)18(22)21-9-7-20(8-10-21)13-17-6-3-11-23-17/h2-6,11-12,14H,7-10,13H2,1H3. The molecule has 1 aromatic carbocycles. The smallest absolute Gasteiger partial charge is 0.263 e. The van der Waals surface area contributed by atoms with Crippen molar-refractivity contribution in [2.24, 2.45) is 0 Å². The number of carbonyl (C=O) groups excluding carboxylic acids is 1. The molecule has 0 saturated carbocycles. The molecule has 0 radical (unpaired) electrons. The second-order valence-corrected chi connectivity index (χ2v) is 6.33. The summed E-state index contributed by atoms with van der Waals surface area (Å²) < 4.78 is 11.1. The molecule has 0 bridgehead atoms. The Bertz CT molecular complexity index is 667. The van der Waals surface area contributed by atoms with Crippen LogP contribution in [0.2, 0.25) is 5.02 Å². The molecule has 1 atom stereocenters. The normalized spacial score (nSPS) is 16.8. The quantitative estimate of drug-likeness (QED) is 0.833. The molecular formula is C18H21ClN2O3. The minimum Gasteiger partial charge on any atom is -0.481 e. The summed E-state index contributed by atoms with van der Waals surface area (Å²) in [5.41, 5.74) is 0. The maximum absolute atomic E-state index is 12.5. The summed E-state index contributed by atoms with van der Waals surface area (Å²) in [6.07, 6.45) is 1.16. The van der Waals surface area contributed by atoms with E-state index < -0.39 is 6.10 Å². The minimum absolute atomic E-state index is 0.00706. The Morgan fingerprint density at radius 1 is 1.25 bits per heavy atom. The third-order valence-electron chi connectivity index (χ3n) is 4.10. The van der Waals surface area contributed by atoms with Gasteiger partial charge in [-0.2, -0.15) is 0 Å². The Morgan fingerprint density at radius 2 is 2.04 bits per heavy atom. The lowest BCUT2D eigenvalue weighted by atomic mass is 10.2. The lowest BCUT2D eigenvalue weighted by molar-refractivity contribution is -0.139. The van der Waals surface area contributed by atoms with E-state index in [4.69, 9.17) is 20.8 Å². The number of ether oxygens (including phenoxy) is 1. The third kappa shape index (κ3) is 4.30. The van der Waals surface area contributed by atoms with Crippen LogP contribution in [0.5, 0.6) is 5.75 Å². The monoisotopic (exact) mass is 348 g/mol. The molecule has 1 aliphatic rings. The zero-order chi connectivity index (χ0) is 16.9. The molecule has 128 valence electrons. The van der Waals surface area contributed by atoms with Gasteiger partial charge in [-0.3, -0.25) is 9.69 Å². The second kappa shape index (κ2) is 7.73. The highest BCUT2D eigenvalue weighted by atomic mass is 35.5. The molecule has 5 nitrogen and oxygen atoms in total. The number of carbonyl (C=O) groups is 1. The number of furan rings is 1. The van der Waals surface area contributed by atoms with Crippen LogP contribution < -0.4 is 4.74 Å². The number of hydrogen-bond donors (Lipinski definition) is 0. The fourth-order valence-electron chi connectivity index (χ4n) is 2.80. The van der Waals surface area contributed by atoms with Crippen molar-refractivity contribution in [3.8, 4) is 5.75 Å². The summed E-state index contributed by atoms with van der Waals surface area (Å²) in [5, 5.41) is 0.596. The van der Waals surface area contributed by atoms with Gasteiger partial charge in [0, 0.05) is 31.2 Å². The summed E-state index contributed by atoms with van der Waals surface area (Å²) in [4.78, 5) is 16.7. The Kier molecular flexibility index (Phi) is 5.43. The Hall–Kier alpha value is -1.98. The van der Waals surface area contributed by atoms with Crippen molar-refractivity contribution in [1.82, 2.24) is 9.80 Å². The van der Waals surface area contributed by atoms with Crippen molar-refractivity contribution >= 4 is 17.5 Å². The summed E-state index contributed by atoms with van der Waals surface area (Å²) in [7, 11) is 0. The summed E-state index contributed by atoms with van der Waals surface area (Å²) in [6.45, 7) is 5.61. The zero-order valence-corrected chi connectivity index (χ0v) is 14.4. The number of hydrogen-bond acceptors (Lipinski definition) is 4. The molecule has 1 aliphatic heterocycles. The molecule has 1 fully saturated rings. The van der Waals surface area contributed by atoms with E-state index in [1.807, 2.05) is 23.1 Å². The van der Waals surface area contributed by atoms with Gasteiger partial charge in [0.25, 0.3) is 5.91 Å². The Labute approximate surface area is 146 Å². The van der Waals surface area contributed by atoms with Gasteiger partial charge in [0.1, 0.15) is 11.5 Å². The van der Waals surface area contributed by atoms with E-state index in [1.54, 1.807) is 31.4 Å². The van der Waals surface area contributed by atoms with Crippen LogP contribution in [-0.4, -0.2) is 48.0 Å². The lowest BCUT2D eigenvalue weighted by Gasteiger charge is -2.35. The molecule has 6 heteroatoms. The molecule has 1 amide bonds. The first-order valence-electron chi connectivity index (χ1n) is 8.07. The molecular weight excluding hydrogens is 328 g/mol. The highest BCUT2D eigenvalue weighted by Crippen LogP contribution is 2.19.